The first kappa shape index (κ1) is 26.6. The van der Waals surface area contributed by atoms with Crippen LogP contribution >= 0.6 is 12.2 Å². The summed E-state index contributed by atoms with van der Waals surface area (Å²) < 4.78 is 5.41. The summed E-state index contributed by atoms with van der Waals surface area (Å²) in [6.07, 6.45) is 3.10. The highest BCUT2D eigenvalue weighted by Crippen LogP contribution is 2.23. The fraction of sp³-hybridized carbons (Fsp3) is 0.207. The maximum atomic E-state index is 12.7. The van der Waals surface area contributed by atoms with Crippen molar-refractivity contribution in [3.05, 3.63) is 95.6 Å². The summed E-state index contributed by atoms with van der Waals surface area (Å²) in [5.74, 6) is 0.216. The van der Waals surface area contributed by atoms with Crippen LogP contribution in [0, 0.1) is 0 Å². The molecule has 3 aromatic rings. The van der Waals surface area contributed by atoms with Gasteiger partial charge in [0.15, 0.2) is 5.11 Å². The van der Waals surface area contributed by atoms with E-state index in [1.54, 1.807) is 30.3 Å². The Kier molecular flexibility index (Phi) is 8.97. The van der Waals surface area contributed by atoms with Crippen LogP contribution in [0.15, 0.2) is 78.9 Å². The molecule has 6 nitrogen and oxygen atoms in total. The van der Waals surface area contributed by atoms with E-state index in [-0.39, 0.29) is 22.3 Å². The van der Waals surface area contributed by atoms with E-state index >= 15 is 0 Å². The Morgan fingerprint density at radius 3 is 2.17 bits per heavy atom. The highest BCUT2D eigenvalue weighted by molar-refractivity contribution is 7.80. The molecule has 0 radical (unpaired) electrons. The number of carbonyl (C=O) groups is 2. The molecule has 3 N–H and O–H groups in total. The van der Waals surface area contributed by atoms with Crippen LogP contribution in [-0.4, -0.2) is 23.5 Å². The summed E-state index contributed by atoms with van der Waals surface area (Å²) >= 11 is 5.26. The first-order valence-corrected chi connectivity index (χ1v) is 12.1. The molecule has 0 fully saturated rings. The van der Waals surface area contributed by atoms with E-state index in [0.29, 0.717) is 23.5 Å². The van der Waals surface area contributed by atoms with Crippen LogP contribution in [0.3, 0.4) is 0 Å². The summed E-state index contributed by atoms with van der Waals surface area (Å²) in [7, 11) is 0. The Bertz CT molecular complexity index is 1240. The van der Waals surface area contributed by atoms with E-state index in [4.69, 9.17) is 17.0 Å². The first-order valence-electron chi connectivity index (χ1n) is 11.7. The molecular formula is C29H31N3O3S. The van der Waals surface area contributed by atoms with Gasteiger partial charge in [0.2, 0.25) is 5.91 Å². The van der Waals surface area contributed by atoms with Crippen LogP contribution in [0.25, 0.3) is 6.08 Å². The average Bonchev–Trinajstić information content (AvgIpc) is 2.83. The van der Waals surface area contributed by atoms with Gasteiger partial charge in [0, 0.05) is 23.0 Å². The number of anilines is 2. The summed E-state index contributed by atoms with van der Waals surface area (Å²) in [6.45, 7) is 8.92. The minimum absolute atomic E-state index is 0.0218. The molecule has 186 valence electrons. The smallest absolute Gasteiger partial charge is 0.255 e. The molecule has 3 rings (SSSR count). The van der Waals surface area contributed by atoms with E-state index in [2.05, 4.69) is 36.7 Å². The molecule has 0 aliphatic rings. The van der Waals surface area contributed by atoms with Gasteiger partial charge in [-0.1, -0.05) is 51.1 Å². The second kappa shape index (κ2) is 12.1. The van der Waals surface area contributed by atoms with Gasteiger partial charge in [-0.3, -0.25) is 14.9 Å². The average molecular weight is 502 g/mol. The van der Waals surface area contributed by atoms with Crippen molar-refractivity contribution in [1.29, 1.82) is 0 Å². The monoisotopic (exact) mass is 501 g/mol. The molecular weight excluding hydrogens is 470 g/mol. The van der Waals surface area contributed by atoms with Crippen molar-refractivity contribution in [3.63, 3.8) is 0 Å². The fourth-order valence-electron chi connectivity index (χ4n) is 3.33. The van der Waals surface area contributed by atoms with Crippen LogP contribution in [0.5, 0.6) is 5.75 Å². The topological polar surface area (TPSA) is 79.5 Å². The van der Waals surface area contributed by atoms with Crippen molar-refractivity contribution in [2.45, 2.75) is 33.1 Å². The van der Waals surface area contributed by atoms with Crippen molar-refractivity contribution in [1.82, 2.24) is 5.32 Å². The largest absolute Gasteiger partial charge is 0.494 e. The molecule has 0 atom stereocenters. The van der Waals surface area contributed by atoms with Crippen molar-refractivity contribution < 1.29 is 14.3 Å². The zero-order valence-corrected chi connectivity index (χ0v) is 21.7. The molecule has 2 amide bonds. The lowest BCUT2D eigenvalue weighted by Crippen LogP contribution is -2.32. The summed E-state index contributed by atoms with van der Waals surface area (Å²) in [4.78, 5) is 24.9. The van der Waals surface area contributed by atoms with E-state index < -0.39 is 0 Å². The Labute approximate surface area is 217 Å². The van der Waals surface area contributed by atoms with Crippen molar-refractivity contribution in [2.24, 2.45) is 0 Å². The second-order valence-electron chi connectivity index (χ2n) is 9.14. The lowest BCUT2D eigenvalue weighted by Gasteiger charge is -2.19. The maximum absolute atomic E-state index is 12.7. The second-order valence-corrected chi connectivity index (χ2v) is 9.55. The molecule has 36 heavy (non-hydrogen) atoms. The SMILES string of the molecule is CCOc1ccc(/C=C/C(=O)NC(=S)Nc2cccc(NC(=O)c3ccc(C(C)(C)C)cc3)c2)cc1. The molecule has 0 aromatic heterocycles. The number of amides is 2. The molecule has 0 aliphatic heterocycles. The third-order valence-electron chi connectivity index (χ3n) is 5.25. The van der Waals surface area contributed by atoms with E-state index in [1.807, 2.05) is 55.5 Å². The van der Waals surface area contributed by atoms with Crippen LogP contribution < -0.4 is 20.7 Å². The van der Waals surface area contributed by atoms with E-state index in [9.17, 15) is 9.59 Å². The summed E-state index contributed by atoms with van der Waals surface area (Å²) in [5, 5.41) is 8.63. The molecule has 0 heterocycles. The van der Waals surface area contributed by atoms with Gasteiger partial charge in [-0.2, -0.15) is 0 Å². The number of thiocarbonyl (C=S) groups is 1. The van der Waals surface area contributed by atoms with Gasteiger partial charge in [-0.05, 0) is 84.2 Å². The number of benzene rings is 3. The normalized spacial score (nSPS) is 11.1. The number of nitrogens with one attached hydrogen (secondary N) is 3. The standard InChI is InChI=1S/C29H31N3O3S/c1-5-35-25-16-9-20(10-17-25)11-18-26(33)32-28(36)31-24-8-6-7-23(19-24)30-27(34)21-12-14-22(15-13-21)29(2,3)4/h6-19H,5H2,1-4H3,(H,30,34)(H2,31,32,33,36)/b18-11+. The van der Waals surface area contributed by atoms with Crippen LogP contribution in [0.2, 0.25) is 0 Å². The molecule has 0 bridgehead atoms. The minimum Gasteiger partial charge on any atom is -0.494 e. The van der Waals surface area contributed by atoms with E-state index in [0.717, 1.165) is 16.9 Å². The Morgan fingerprint density at radius 1 is 0.917 bits per heavy atom. The molecule has 0 spiro atoms. The number of carbonyl (C=O) groups excluding carboxylic acids is 2. The molecule has 0 saturated carbocycles. The number of hydrogen-bond acceptors (Lipinski definition) is 4. The highest BCUT2D eigenvalue weighted by atomic mass is 32.1. The molecule has 7 heteroatoms. The van der Waals surface area contributed by atoms with Crippen LogP contribution in [-0.2, 0) is 10.2 Å². The van der Waals surface area contributed by atoms with Gasteiger partial charge in [0.1, 0.15) is 5.75 Å². The predicted molar refractivity (Wildman–Crippen MR) is 151 cm³/mol. The van der Waals surface area contributed by atoms with Gasteiger partial charge in [-0.25, -0.2) is 0 Å². The Balaban J connectivity index is 1.54. The molecule has 0 saturated heterocycles. The summed E-state index contributed by atoms with van der Waals surface area (Å²) in [6, 6.07) is 22.1. The Hall–Kier alpha value is -3.97. The van der Waals surface area contributed by atoms with E-state index in [1.165, 1.54) is 6.08 Å². The number of rotatable bonds is 7. The highest BCUT2D eigenvalue weighted by Gasteiger charge is 2.14. The lowest BCUT2D eigenvalue weighted by molar-refractivity contribution is -0.115. The Morgan fingerprint density at radius 2 is 1.56 bits per heavy atom. The van der Waals surface area contributed by atoms with Gasteiger partial charge < -0.3 is 15.4 Å². The van der Waals surface area contributed by atoms with Gasteiger partial charge in [0.05, 0.1) is 6.61 Å². The van der Waals surface area contributed by atoms with Crippen LogP contribution in [0.4, 0.5) is 11.4 Å². The number of hydrogen-bond donors (Lipinski definition) is 3. The van der Waals surface area contributed by atoms with Gasteiger partial charge >= 0.3 is 0 Å². The zero-order valence-electron chi connectivity index (χ0n) is 20.9. The first-order chi connectivity index (χ1) is 17.1. The summed E-state index contributed by atoms with van der Waals surface area (Å²) in [5.41, 5.74) is 3.86. The quantitative estimate of drug-likeness (QED) is 0.267. The molecule has 3 aromatic carbocycles. The predicted octanol–water partition coefficient (Wildman–Crippen LogP) is 6.16. The van der Waals surface area contributed by atoms with Crippen molar-refractivity contribution >= 4 is 46.6 Å². The van der Waals surface area contributed by atoms with Crippen LogP contribution in [0.1, 0.15) is 49.2 Å². The zero-order chi connectivity index (χ0) is 26.1. The number of ether oxygens (including phenoxy) is 1. The molecule has 0 unspecified atom stereocenters. The van der Waals surface area contributed by atoms with Gasteiger partial charge in [0.25, 0.3) is 5.91 Å². The maximum Gasteiger partial charge on any atom is 0.255 e. The fourth-order valence-corrected chi connectivity index (χ4v) is 3.55. The third kappa shape index (κ3) is 8.06. The van der Waals surface area contributed by atoms with Crippen molar-refractivity contribution in [3.8, 4) is 5.75 Å². The minimum atomic E-state index is -0.357. The van der Waals surface area contributed by atoms with Crippen molar-refractivity contribution in [2.75, 3.05) is 17.2 Å². The molecule has 0 aliphatic carbocycles. The lowest BCUT2D eigenvalue weighted by atomic mass is 9.87. The van der Waals surface area contributed by atoms with Gasteiger partial charge in [-0.15, -0.1) is 0 Å². The third-order valence-corrected chi connectivity index (χ3v) is 5.45.